The summed E-state index contributed by atoms with van der Waals surface area (Å²) in [5.41, 5.74) is -1.77. The van der Waals surface area contributed by atoms with Crippen molar-refractivity contribution in [1.29, 1.82) is 0 Å². The molecule has 0 radical (unpaired) electrons. The molecule has 19 nitrogen and oxygen atoms in total. The number of ether oxygens (including phenoxy) is 3. The van der Waals surface area contributed by atoms with Gasteiger partial charge in [-0.3, -0.25) is 10.00 Å². The number of nitrogens with zero attached hydrogens (tertiary/aromatic N) is 6. The van der Waals surface area contributed by atoms with Crippen molar-refractivity contribution in [1.82, 2.24) is 24.5 Å². The Kier molecular flexibility index (Phi) is 11.7. The van der Waals surface area contributed by atoms with Crippen LogP contribution < -0.4 is 24.5 Å². The zero-order chi connectivity index (χ0) is 36.0. The Hall–Kier alpha value is -5.21. The minimum absolute atomic E-state index is 0.0378. The van der Waals surface area contributed by atoms with Crippen molar-refractivity contribution in [2.45, 2.75) is 30.8 Å². The van der Waals surface area contributed by atoms with E-state index in [1.54, 1.807) is 11.6 Å². The zero-order valence-electron chi connectivity index (χ0n) is 25.7. The predicted octanol–water partition coefficient (Wildman–Crippen LogP) is 2.40. The second kappa shape index (κ2) is 15.1. The quantitative estimate of drug-likeness (QED) is 0.218. The number of amides is 2. The Morgan fingerprint density at radius 1 is 1.06 bits per heavy atom. The minimum Gasteiger partial charge on any atom is -0.481 e. The Bertz CT molecular complexity index is 1860. The van der Waals surface area contributed by atoms with Crippen LogP contribution in [0.5, 0.6) is 11.8 Å². The number of rotatable bonds is 10. The third-order valence-corrected chi connectivity index (χ3v) is 8.21. The number of anilines is 2. The van der Waals surface area contributed by atoms with Gasteiger partial charge in [-0.1, -0.05) is 23.2 Å². The van der Waals surface area contributed by atoms with Crippen LogP contribution in [-0.2, 0) is 31.4 Å². The number of hydrogen-bond acceptors (Lipinski definition) is 14. The number of carbonyl (C=O) groups is 4. The topological polar surface area (TPSA) is 254 Å². The van der Waals surface area contributed by atoms with Crippen LogP contribution in [0.15, 0.2) is 40.6 Å². The first-order valence-electron chi connectivity index (χ1n) is 13.3. The highest BCUT2D eigenvalue weighted by atomic mass is 35.5. The Labute approximate surface area is 282 Å². The Morgan fingerprint density at radius 2 is 1.69 bits per heavy atom. The van der Waals surface area contributed by atoms with E-state index in [1.807, 2.05) is 0 Å². The molecule has 1 aromatic carbocycles. The van der Waals surface area contributed by atoms with Gasteiger partial charge in [0.25, 0.3) is 10.0 Å². The van der Waals surface area contributed by atoms with Crippen LogP contribution in [-0.4, -0.2) is 94.4 Å². The number of benzene rings is 1. The summed E-state index contributed by atoms with van der Waals surface area (Å²) in [6, 6.07) is 4.65. The molecule has 1 unspecified atom stereocenters. The molecule has 22 heteroatoms. The van der Waals surface area contributed by atoms with E-state index in [0.29, 0.717) is 5.02 Å². The molecule has 0 spiro atoms. The van der Waals surface area contributed by atoms with Crippen LogP contribution in [0, 0.1) is 0 Å². The van der Waals surface area contributed by atoms with Gasteiger partial charge < -0.3 is 24.4 Å². The third kappa shape index (κ3) is 8.38. The van der Waals surface area contributed by atoms with Crippen molar-refractivity contribution in [3.63, 3.8) is 0 Å². The molecule has 258 valence electrons. The van der Waals surface area contributed by atoms with E-state index in [-0.39, 0.29) is 52.7 Å². The smallest absolute Gasteiger partial charge is 0.352 e. The van der Waals surface area contributed by atoms with Crippen molar-refractivity contribution >= 4 is 74.5 Å². The number of urea groups is 1. The van der Waals surface area contributed by atoms with E-state index in [9.17, 15) is 32.7 Å². The number of esters is 1. The van der Waals surface area contributed by atoms with E-state index in [1.165, 1.54) is 52.5 Å². The van der Waals surface area contributed by atoms with Gasteiger partial charge in [-0.15, -0.1) is 0 Å². The first-order chi connectivity index (χ1) is 22.5. The normalized spacial score (nSPS) is 15.4. The number of aromatic nitrogens is 4. The number of nitrogens with one attached hydrogen (secondary N) is 2. The van der Waals surface area contributed by atoms with Crippen LogP contribution in [0.3, 0.4) is 0 Å². The number of methoxy groups -OCH3 is 2. The van der Waals surface area contributed by atoms with Crippen molar-refractivity contribution < 1.29 is 52.0 Å². The lowest BCUT2D eigenvalue weighted by Gasteiger charge is -2.30. The monoisotopic (exact) mass is 730 g/mol. The number of aliphatic carboxylic acids is 2. The summed E-state index contributed by atoms with van der Waals surface area (Å²) in [7, 11) is -0.491. The minimum atomic E-state index is -4.47. The largest absolute Gasteiger partial charge is 0.481 e. The highest BCUT2D eigenvalue weighted by molar-refractivity contribution is 7.90. The molecule has 2 aromatic heterocycles. The maximum atomic E-state index is 12.6. The summed E-state index contributed by atoms with van der Waals surface area (Å²) in [6.07, 6.45) is 0.803. The fraction of sp³-hybridized carbons (Fsp3) is 0.308. The number of carboxylic acids is 2. The molecule has 4 rings (SSSR count). The number of aryl methyl sites for hydroxylation is 1. The highest BCUT2D eigenvalue weighted by Crippen LogP contribution is 2.38. The average Bonchev–Trinajstić information content (AvgIpc) is 3.58. The number of hydrogen-bond donors (Lipinski definition) is 4. The molecule has 0 saturated heterocycles. The fourth-order valence-electron chi connectivity index (χ4n) is 3.98. The summed E-state index contributed by atoms with van der Waals surface area (Å²) in [6.45, 7) is 2.99. The molecule has 1 atom stereocenters. The molecule has 3 aromatic rings. The summed E-state index contributed by atoms with van der Waals surface area (Å²) in [5, 5.41) is 29.3. The van der Waals surface area contributed by atoms with Gasteiger partial charge in [0.1, 0.15) is 11.3 Å². The lowest BCUT2D eigenvalue weighted by molar-refractivity contribution is -0.142. The molecule has 48 heavy (non-hydrogen) atoms. The first kappa shape index (κ1) is 37.2. The van der Waals surface area contributed by atoms with E-state index >= 15 is 0 Å². The second-order valence-corrected chi connectivity index (χ2v) is 12.0. The number of carboxylic acid groups (broad SMARTS) is 2. The molecule has 0 aliphatic carbocycles. The highest BCUT2D eigenvalue weighted by Gasteiger charge is 2.48. The lowest BCUT2D eigenvalue weighted by atomic mass is 9.95. The summed E-state index contributed by atoms with van der Waals surface area (Å²) in [5.74, 6) is -3.44. The molecule has 4 N–H and O–H groups in total. The standard InChI is InChI=1S/C14H18N6O7S.C12H10Cl2N2O4/c1-5-27-12(21)8-7-15-20(2)11(8)28(23,24)19-14(22)18-13-16-9(25-3)6-10(17-13)26-4;1-12(11(19)20)5-8(10(17)18)15-16(12)9-3-2-6(13)4-7(9)14/h6-7H,5H2,1-4H3,(H2,16,17,18,19,22);2-4H,5H2,1H3,(H,17,18)(H,19,20). The maximum Gasteiger partial charge on any atom is 0.352 e. The van der Waals surface area contributed by atoms with Gasteiger partial charge in [-0.25, -0.2) is 28.9 Å². The third-order valence-electron chi connectivity index (χ3n) is 6.23. The summed E-state index contributed by atoms with van der Waals surface area (Å²) in [4.78, 5) is 54.3. The van der Waals surface area contributed by atoms with Crippen molar-refractivity contribution in [2.75, 3.05) is 31.2 Å². The molecule has 0 bridgehead atoms. The van der Waals surface area contributed by atoms with Gasteiger partial charge in [-0.05, 0) is 32.0 Å². The van der Waals surface area contributed by atoms with Gasteiger partial charge in [0.05, 0.1) is 43.8 Å². The number of hydrazone groups is 1. The van der Waals surface area contributed by atoms with Gasteiger partial charge in [-0.2, -0.15) is 28.6 Å². The Morgan fingerprint density at radius 3 is 2.21 bits per heavy atom. The fourth-order valence-corrected chi connectivity index (χ4v) is 5.69. The number of sulfonamides is 1. The van der Waals surface area contributed by atoms with Gasteiger partial charge in [0.2, 0.25) is 17.7 Å². The molecule has 2 amide bonds. The van der Waals surface area contributed by atoms with Crippen LogP contribution in [0.4, 0.5) is 16.4 Å². The van der Waals surface area contributed by atoms with Crippen LogP contribution in [0.1, 0.15) is 30.6 Å². The maximum absolute atomic E-state index is 12.6. The van der Waals surface area contributed by atoms with Crippen LogP contribution in [0.25, 0.3) is 0 Å². The van der Waals surface area contributed by atoms with Gasteiger partial charge in [0, 0.05) is 18.5 Å². The molecular formula is C26H28Cl2N8O11S. The molecule has 3 heterocycles. The summed E-state index contributed by atoms with van der Waals surface area (Å²) >= 11 is 11.8. The SMILES string of the molecule is CC1(C(=O)O)CC(C(=O)O)=NN1c1ccc(Cl)cc1Cl.CCOC(=O)c1cnn(C)c1S(=O)(=O)NC(=O)Nc1nc(OC)cc(OC)n1. The molecule has 1 aliphatic rings. The van der Waals surface area contributed by atoms with Gasteiger partial charge >= 0.3 is 23.9 Å². The van der Waals surface area contributed by atoms with Crippen molar-refractivity contribution in [2.24, 2.45) is 12.1 Å². The first-order valence-corrected chi connectivity index (χ1v) is 15.5. The lowest BCUT2D eigenvalue weighted by Crippen LogP contribution is -2.47. The van der Waals surface area contributed by atoms with E-state index in [4.69, 9.17) is 42.5 Å². The predicted molar refractivity (Wildman–Crippen MR) is 168 cm³/mol. The molecule has 1 aliphatic heterocycles. The molecule has 0 fully saturated rings. The van der Waals surface area contributed by atoms with Crippen molar-refractivity contribution in [3.8, 4) is 11.8 Å². The van der Waals surface area contributed by atoms with Crippen LogP contribution >= 0.6 is 23.2 Å². The Balaban J connectivity index is 0.000000275. The van der Waals surface area contributed by atoms with E-state index in [0.717, 1.165) is 15.9 Å². The van der Waals surface area contributed by atoms with Gasteiger partial charge in [0.15, 0.2) is 10.6 Å². The molecular weight excluding hydrogens is 703 g/mol. The molecule has 0 saturated carbocycles. The van der Waals surface area contributed by atoms with Crippen LogP contribution in [0.2, 0.25) is 10.0 Å². The average molecular weight is 732 g/mol. The number of carbonyl (C=O) groups excluding carboxylic acids is 2. The second-order valence-electron chi connectivity index (χ2n) is 9.56. The van der Waals surface area contributed by atoms with Crippen molar-refractivity contribution in [3.05, 3.63) is 46.1 Å². The van der Waals surface area contributed by atoms with E-state index < -0.39 is 44.5 Å². The summed E-state index contributed by atoms with van der Waals surface area (Å²) < 4.78 is 42.5. The van der Waals surface area contributed by atoms with E-state index in [2.05, 4.69) is 25.5 Å². The number of halogens is 2. The zero-order valence-corrected chi connectivity index (χ0v) is 28.0.